The van der Waals surface area contributed by atoms with Gasteiger partial charge >= 0.3 is 0 Å². The van der Waals surface area contributed by atoms with Gasteiger partial charge in [0.25, 0.3) is 5.91 Å². The largest absolute Gasteiger partial charge is 0.349 e. The number of aryl methyl sites for hydroxylation is 1. The lowest BCUT2D eigenvalue weighted by Crippen LogP contribution is -2.37. The first-order chi connectivity index (χ1) is 12.0. The Kier molecular flexibility index (Phi) is 5.11. The van der Waals surface area contributed by atoms with Gasteiger partial charge in [-0.15, -0.1) is 0 Å². The average Bonchev–Trinajstić information content (AvgIpc) is 2.90. The molecule has 2 aromatic rings. The molecule has 0 atom stereocenters. The van der Waals surface area contributed by atoms with Gasteiger partial charge in [-0.05, 0) is 48.6 Å². The van der Waals surface area contributed by atoms with E-state index in [2.05, 4.69) is 15.7 Å². The number of hydrogen-bond donors (Lipinski definition) is 2. The highest BCUT2D eigenvalue weighted by atomic mass is 19.1. The fraction of sp³-hybridized carbons (Fsp3) is 0.389. The topological polar surface area (TPSA) is 76.0 Å². The van der Waals surface area contributed by atoms with Crippen LogP contribution in [-0.2, 0) is 18.4 Å². The maximum absolute atomic E-state index is 12.8. The quantitative estimate of drug-likeness (QED) is 0.840. The van der Waals surface area contributed by atoms with Crippen molar-refractivity contribution in [2.24, 2.45) is 7.05 Å². The lowest BCUT2D eigenvalue weighted by molar-refractivity contribution is -0.120. The summed E-state index contributed by atoms with van der Waals surface area (Å²) in [4.78, 5) is 23.9. The summed E-state index contributed by atoms with van der Waals surface area (Å²) in [6.07, 6.45) is 5.45. The highest BCUT2D eigenvalue weighted by Gasteiger charge is 2.24. The van der Waals surface area contributed by atoms with Crippen molar-refractivity contribution in [2.75, 3.05) is 6.54 Å². The van der Waals surface area contributed by atoms with Gasteiger partial charge in [-0.3, -0.25) is 14.3 Å². The predicted molar refractivity (Wildman–Crippen MR) is 90.4 cm³/mol. The molecular formula is C18H21FN4O2. The maximum Gasteiger partial charge on any atom is 0.251 e. The monoisotopic (exact) mass is 344 g/mol. The zero-order valence-electron chi connectivity index (χ0n) is 14.1. The summed E-state index contributed by atoms with van der Waals surface area (Å²) in [7, 11) is 1.86. The molecule has 0 saturated heterocycles. The number of amides is 2. The third kappa shape index (κ3) is 4.04. The van der Waals surface area contributed by atoms with Crippen LogP contribution >= 0.6 is 0 Å². The van der Waals surface area contributed by atoms with Crippen molar-refractivity contribution in [3.05, 3.63) is 53.1 Å². The minimum Gasteiger partial charge on any atom is -0.349 e. The Morgan fingerprint density at radius 3 is 2.60 bits per heavy atom. The van der Waals surface area contributed by atoms with Gasteiger partial charge in [0.1, 0.15) is 5.82 Å². The molecule has 132 valence electrons. The first-order valence-electron chi connectivity index (χ1n) is 8.36. The van der Waals surface area contributed by atoms with Gasteiger partial charge in [-0.25, -0.2) is 4.39 Å². The third-order valence-corrected chi connectivity index (χ3v) is 4.61. The van der Waals surface area contributed by atoms with Crippen molar-refractivity contribution in [2.45, 2.75) is 31.7 Å². The Labute approximate surface area is 145 Å². The number of benzene rings is 1. The normalized spacial score (nSPS) is 14.0. The summed E-state index contributed by atoms with van der Waals surface area (Å²) in [5.41, 5.74) is 2.51. The molecule has 1 aliphatic rings. The first kappa shape index (κ1) is 17.1. The fourth-order valence-corrected chi connectivity index (χ4v) is 2.87. The smallest absolute Gasteiger partial charge is 0.251 e. The van der Waals surface area contributed by atoms with Crippen LogP contribution in [0.5, 0.6) is 0 Å². The summed E-state index contributed by atoms with van der Waals surface area (Å²) in [5.74, 6) is -0.562. The van der Waals surface area contributed by atoms with E-state index in [0.717, 1.165) is 5.69 Å². The molecule has 25 heavy (non-hydrogen) atoms. The van der Waals surface area contributed by atoms with Crippen LogP contribution in [0.1, 0.15) is 46.8 Å². The Morgan fingerprint density at radius 1 is 1.24 bits per heavy atom. The van der Waals surface area contributed by atoms with Gasteiger partial charge in [0, 0.05) is 12.6 Å². The molecule has 2 N–H and O–H groups in total. The lowest BCUT2D eigenvalue weighted by Gasteiger charge is -2.25. The van der Waals surface area contributed by atoms with Gasteiger partial charge in [-0.1, -0.05) is 6.42 Å². The van der Waals surface area contributed by atoms with E-state index < -0.39 is 11.7 Å². The Balaban J connectivity index is 1.49. The van der Waals surface area contributed by atoms with Gasteiger partial charge in [0.15, 0.2) is 0 Å². The van der Waals surface area contributed by atoms with Crippen LogP contribution in [0, 0.1) is 5.82 Å². The molecular weight excluding hydrogens is 323 g/mol. The molecule has 1 saturated carbocycles. The van der Waals surface area contributed by atoms with Crippen molar-refractivity contribution in [3.8, 4) is 0 Å². The summed E-state index contributed by atoms with van der Waals surface area (Å²) in [6, 6.07) is 5.17. The third-order valence-electron chi connectivity index (χ3n) is 4.61. The van der Waals surface area contributed by atoms with Crippen LogP contribution in [0.2, 0.25) is 0 Å². The highest BCUT2D eigenvalue weighted by molar-refractivity contribution is 5.96. The van der Waals surface area contributed by atoms with E-state index >= 15 is 0 Å². The molecule has 2 amide bonds. The molecule has 1 aliphatic carbocycles. The second kappa shape index (κ2) is 7.46. The predicted octanol–water partition coefficient (Wildman–Crippen LogP) is 1.87. The van der Waals surface area contributed by atoms with Crippen molar-refractivity contribution in [1.82, 2.24) is 20.4 Å². The van der Waals surface area contributed by atoms with Gasteiger partial charge in [0.2, 0.25) is 5.91 Å². The molecule has 7 heteroatoms. The van der Waals surface area contributed by atoms with Gasteiger partial charge in [0.05, 0.1) is 25.0 Å². The number of aromatic nitrogens is 2. The number of nitrogens with zero attached hydrogens (tertiary/aromatic N) is 2. The molecule has 0 spiro atoms. The lowest BCUT2D eigenvalue weighted by atomic mass is 9.80. The first-order valence-corrected chi connectivity index (χ1v) is 8.36. The van der Waals surface area contributed by atoms with Gasteiger partial charge in [-0.2, -0.15) is 5.10 Å². The average molecular weight is 344 g/mol. The van der Waals surface area contributed by atoms with Crippen molar-refractivity contribution < 1.29 is 14.0 Å². The Morgan fingerprint density at radius 2 is 1.96 bits per heavy atom. The number of hydrogen-bond acceptors (Lipinski definition) is 3. The molecule has 0 aliphatic heterocycles. The number of rotatable bonds is 6. The number of halogens is 1. The van der Waals surface area contributed by atoms with E-state index in [1.807, 2.05) is 13.2 Å². The standard InChI is InChI=1S/C18H21FN4O2/c1-23-16(15(9-22-23)12-3-2-4-12)10-20-17(24)11-21-18(25)13-5-7-14(19)8-6-13/h5-9,12H,2-4,10-11H2,1H3,(H,20,24)(H,21,25). The van der Waals surface area contributed by atoms with Crippen LogP contribution in [0.15, 0.2) is 30.5 Å². The molecule has 3 rings (SSSR count). The fourth-order valence-electron chi connectivity index (χ4n) is 2.87. The Hall–Kier alpha value is -2.70. The van der Waals surface area contributed by atoms with E-state index in [0.29, 0.717) is 18.0 Å². The number of carbonyl (C=O) groups excluding carboxylic acids is 2. The van der Waals surface area contributed by atoms with Crippen LogP contribution in [0.25, 0.3) is 0 Å². The molecule has 0 radical (unpaired) electrons. The molecule has 0 bridgehead atoms. The van der Waals surface area contributed by atoms with Crippen LogP contribution in [0.4, 0.5) is 4.39 Å². The molecule has 1 fully saturated rings. The Bertz CT molecular complexity index is 766. The SMILES string of the molecule is Cn1ncc(C2CCC2)c1CNC(=O)CNC(=O)c1ccc(F)cc1. The second-order valence-electron chi connectivity index (χ2n) is 6.26. The van der Waals surface area contributed by atoms with Crippen molar-refractivity contribution in [3.63, 3.8) is 0 Å². The minimum atomic E-state index is -0.411. The summed E-state index contributed by atoms with van der Waals surface area (Å²) < 4.78 is 14.6. The molecule has 1 heterocycles. The van der Waals surface area contributed by atoms with Crippen LogP contribution in [0.3, 0.4) is 0 Å². The van der Waals surface area contributed by atoms with E-state index in [-0.39, 0.29) is 12.5 Å². The zero-order valence-corrected chi connectivity index (χ0v) is 14.1. The van der Waals surface area contributed by atoms with Crippen molar-refractivity contribution >= 4 is 11.8 Å². The van der Waals surface area contributed by atoms with Crippen LogP contribution < -0.4 is 10.6 Å². The zero-order chi connectivity index (χ0) is 17.8. The second-order valence-corrected chi connectivity index (χ2v) is 6.26. The summed E-state index contributed by atoms with van der Waals surface area (Å²) in [6.45, 7) is 0.250. The van der Waals surface area contributed by atoms with Crippen LogP contribution in [-0.4, -0.2) is 28.1 Å². The molecule has 1 aromatic heterocycles. The summed E-state index contributed by atoms with van der Waals surface area (Å²) >= 11 is 0. The number of carbonyl (C=O) groups is 2. The van der Waals surface area contributed by atoms with E-state index in [4.69, 9.17) is 0 Å². The van der Waals surface area contributed by atoms with E-state index in [1.54, 1.807) is 4.68 Å². The molecule has 6 nitrogen and oxygen atoms in total. The minimum absolute atomic E-state index is 0.132. The molecule has 0 unspecified atom stereocenters. The maximum atomic E-state index is 12.8. The summed E-state index contributed by atoms with van der Waals surface area (Å²) in [5, 5.41) is 9.62. The number of nitrogens with one attached hydrogen (secondary N) is 2. The molecule has 1 aromatic carbocycles. The van der Waals surface area contributed by atoms with Crippen molar-refractivity contribution in [1.29, 1.82) is 0 Å². The van der Waals surface area contributed by atoms with E-state index in [9.17, 15) is 14.0 Å². The highest BCUT2D eigenvalue weighted by Crippen LogP contribution is 2.37. The van der Waals surface area contributed by atoms with E-state index in [1.165, 1.54) is 49.1 Å². The van der Waals surface area contributed by atoms with Gasteiger partial charge < -0.3 is 10.6 Å².